The predicted octanol–water partition coefficient (Wildman–Crippen LogP) is 4.55. The maximum Gasteiger partial charge on any atom is 0.314 e. The van der Waals surface area contributed by atoms with Gasteiger partial charge in [0.25, 0.3) is 5.91 Å². The zero-order valence-corrected chi connectivity index (χ0v) is 21.4. The summed E-state index contributed by atoms with van der Waals surface area (Å²) in [5, 5.41) is 5.58. The molecule has 0 bridgehead atoms. The van der Waals surface area contributed by atoms with Gasteiger partial charge < -0.3 is 25.9 Å². The number of fused-ring (bicyclic) bond motifs is 2. The average Bonchev–Trinajstić information content (AvgIpc) is 3.31. The summed E-state index contributed by atoms with van der Waals surface area (Å²) in [7, 11) is 0. The van der Waals surface area contributed by atoms with Crippen LogP contribution in [0.2, 0.25) is 5.02 Å². The molecule has 1 saturated heterocycles. The molecule has 10 heteroatoms. The van der Waals surface area contributed by atoms with Crippen LogP contribution >= 0.6 is 27.5 Å². The van der Waals surface area contributed by atoms with Crippen LogP contribution in [-0.2, 0) is 0 Å². The van der Waals surface area contributed by atoms with Gasteiger partial charge in [-0.15, -0.1) is 0 Å². The van der Waals surface area contributed by atoms with Crippen LogP contribution in [0.5, 0.6) is 0 Å². The first-order chi connectivity index (χ1) is 16.9. The van der Waals surface area contributed by atoms with E-state index in [1.54, 1.807) is 4.90 Å². The predicted molar refractivity (Wildman–Crippen MR) is 143 cm³/mol. The number of aromatic nitrogens is 2. The highest BCUT2D eigenvalue weighted by Crippen LogP contribution is 2.33. The van der Waals surface area contributed by atoms with E-state index in [4.69, 9.17) is 17.3 Å². The minimum Gasteiger partial charge on any atom is -0.353 e. The lowest BCUT2D eigenvalue weighted by atomic mass is 10.1. The summed E-state index contributed by atoms with van der Waals surface area (Å²) < 4.78 is 0.930. The molecule has 3 heterocycles. The second-order valence-corrected chi connectivity index (χ2v) is 10.1. The number of benzene rings is 2. The summed E-state index contributed by atoms with van der Waals surface area (Å²) >= 11 is 9.69. The zero-order chi connectivity index (χ0) is 24.5. The van der Waals surface area contributed by atoms with Crippen molar-refractivity contribution in [1.82, 2.24) is 25.1 Å². The minimum absolute atomic E-state index is 0.140. The molecule has 0 atom stereocenters. The summed E-state index contributed by atoms with van der Waals surface area (Å²) in [6.07, 6.45) is 0.864. The molecule has 182 valence electrons. The van der Waals surface area contributed by atoms with Gasteiger partial charge in [0.15, 0.2) is 0 Å². The standard InChI is InChI=1S/C25H26BrClN6O2/c26-16-2-4-18-20(14-16)31-23(21-13-15-12-17(27)3-5-19(15)30-21)22(18)24(34)29-6-9-32-7-1-8-33(11-10-32)25(28)35/h2-5,12-14,30-31H,1,6-11H2,(H2,28,35)(H,29,34). The number of primary amides is 1. The fraction of sp³-hybridized carbons (Fsp3) is 0.280. The van der Waals surface area contributed by atoms with Crippen molar-refractivity contribution < 1.29 is 9.59 Å². The molecule has 3 amide bonds. The van der Waals surface area contributed by atoms with Crippen molar-refractivity contribution in [2.45, 2.75) is 6.42 Å². The molecule has 1 fully saturated rings. The first-order valence-corrected chi connectivity index (χ1v) is 12.7. The highest BCUT2D eigenvalue weighted by Gasteiger charge is 2.22. The summed E-state index contributed by atoms with van der Waals surface area (Å²) in [6, 6.07) is 13.1. The van der Waals surface area contributed by atoms with Crippen LogP contribution in [0.3, 0.4) is 0 Å². The van der Waals surface area contributed by atoms with Crippen LogP contribution in [0, 0.1) is 0 Å². The Balaban J connectivity index is 1.37. The summed E-state index contributed by atoms with van der Waals surface area (Å²) in [6.45, 7) is 4.08. The maximum atomic E-state index is 13.5. The summed E-state index contributed by atoms with van der Waals surface area (Å²) in [5.74, 6) is -0.140. The first kappa shape index (κ1) is 23.7. The van der Waals surface area contributed by atoms with E-state index in [1.807, 2.05) is 42.5 Å². The number of rotatable bonds is 5. The van der Waals surface area contributed by atoms with Gasteiger partial charge in [0.1, 0.15) is 0 Å². The number of urea groups is 1. The van der Waals surface area contributed by atoms with E-state index in [2.05, 4.69) is 36.1 Å². The third-order valence-electron chi connectivity index (χ3n) is 6.45. The van der Waals surface area contributed by atoms with E-state index in [1.165, 1.54) is 0 Å². The number of aromatic amines is 2. The van der Waals surface area contributed by atoms with E-state index in [9.17, 15) is 9.59 Å². The molecule has 0 unspecified atom stereocenters. The van der Waals surface area contributed by atoms with Crippen molar-refractivity contribution in [3.8, 4) is 11.4 Å². The van der Waals surface area contributed by atoms with E-state index in [0.29, 0.717) is 36.8 Å². The highest BCUT2D eigenvalue weighted by molar-refractivity contribution is 9.10. The topological polar surface area (TPSA) is 110 Å². The monoisotopic (exact) mass is 556 g/mol. The van der Waals surface area contributed by atoms with Crippen LogP contribution in [0.1, 0.15) is 16.8 Å². The minimum atomic E-state index is -0.377. The molecular formula is C25H26BrClN6O2. The Hall–Kier alpha value is -3.01. The van der Waals surface area contributed by atoms with E-state index in [0.717, 1.165) is 57.2 Å². The molecule has 1 aliphatic heterocycles. The smallest absolute Gasteiger partial charge is 0.314 e. The van der Waals surface area contributed by atoms with Gasteiger partial charge in [-0.1, -0.05) is 33.6 Å². The van der Waals surface area contributed by atoms with Crippen molar-refractivity contribution >= 4 is 61.3 Å². The normalized spacial score (nSPS) is 15.0. The number of nitrogens with two attached hydrogens (primary N) is 1. The SMILES string of the molecule is NC(=O)N1CCCN(CCNC(=O)c2c(-c3cc4cc(Cl)ccc4[nH]3)[nH]c3cc(Br)ccc23)CC1. The van der Waals surface area contributed by atoms with Crippen LogP contribution < -0.4 is 11.1 Å². The Kier molecular flexibility index (Phi) is 6.73. The van der Waals surface area contributed by atoms with E-state index >= 15 is 0 Å². The molecule has 35 heavy (non-hydrogen) atoms. The number of nitrogens with zero attached hydrogens (tertiary/aromatic N) is 2. The number of nitrogens with one attached hydrogen (secondary N) is 3. The Morgan fingerprint density at radius 2 is 1.89 bits per heavy atom. The number of carbonyl (C=O) groups excluding carboxylic acids is 2. The van der Waals surface area contributed by atoms with Crippen LogP contribution in [-0.4, -0.2) is 71.0 Å². The second kappa shape index (κ2) is 9.93. The van der Waals surface area contributed by atoms with Gasteiger partial charge in [-0.3, -0.25) is 9.69 Å². The van der Waals surface area contributed by atoms with E-state index in [-0.39, 0.29) is 11.9 Å². The first-order valence-electron chi connectivity index (χ1n) is 11.5. The van der Waals surface area contributed by atoms with Gasteiger partial charge >= 0.3 is 6.03 Å². The number of hydrogen-bond acceptors (Lipinski definition) is 3. The summed E-state index contributed by atoms with van der Waals surface area (Å²) in [4.78, 5) is 35.7. The van der Waals surface area contributed by atoms with Gasteiger partial charge in [0.05, 0.1) is 17.0 Å². The molecule has 1 aliphatic rings. The fourth-order valence-electron chi connectivity index (χ4n) is 4.68. The number of amides is 3. The second-order valence-electron chi connectivity index (χ2n) is 8.76. The van der Waals surface area contributed by atoms with Crippen molar-refractivity contribution in [3.63, 3.8) is 0 Å². The molecule has 0 spiro atoms. The molecule has 5 N–H and O–H groups in total. The average molecular weight is 558 g/mol. The van der Waals surface area contributed by atoms with Gasteiger partial charge in [0.2, 0.25) is 0 Å². The Morgan fingerprint density at radius 3 is 2.71 bits per heavy atom. The lowest BCUT2D eigenvalue weighted by molar-refractivity contribution is 0.0951. The van der Waals surface area contributed by atoms with Gasteiger partial charge in [-0.2, -0.15) is 0 Å². The van der Waals surface area contributed by atoms with Crippen LogP contribution in [0.15, 0.2) is 46.9 Å². The molecule has 4 aromatic rings. The quantitative estimate of drug-likeness (QED) is 0.289. The Morgan fingerprint density at radius 1 is 1.03 bits per heavy atom. The molecule has 2 aromatic carbocycles. The van der Waals surface area contributed by atoms with Crippen LogP contribution in [0.25, 0.3) is 33.2 Å². The molecule has 0 saturated carbocycles. The molecular weight excluding hydrogens is 532 g/mol. The summed E-state index contributed by atoms with van der Waals surface area (Å²) in [5.41, 5.74) is 9.39. The Labute approximate surface area is 215 Å². The molecule has 2 aromatic heterocycles. The number of hydrogen-bond donors (Lipinski definition) is 4. The molecule has 0 radical (unpaired) electrons. The van der Waals surface area contributed by atoms with Crippen molar-refractivity contribution in [2.75, 3.05) is 39.3 Å². The van der Waals surface area contributed by atoms with Crippen LogP contribution in [0.4, 0.5) is 4.79 Å². The van der Waals surface area contributed by atoms with Crippen molar-refractivity contribution in [3.05, 3.63) is 57.5 Å². The fourth-order valence-corrected chi connectivity index (χ4v) is 5.22. The van der Waals surface area contributed by atoms with Gasteiger partial charge in [-0.05, 0) is 49.4 Å². The van der Waals surface area contributed by atoms with Crippen molar-refractivity contribution in [2.24, 2.45) is 5.73 Å². The third-order valence-corrected chi connectivity index (χ3v) is 7.18. The molecule has 5 rings (SSSR count). The number of halogens is 2. The molecule has 8 nitrogen and oxygen atoms in total. The highest BCUT2D eigenvalue weighted by atomic mass is 79.9. The van der Waals surface area contributed by atoms with Crippen molar-refractivity contribution in [1.29, 1.82) is 0 Å². The van der Waals surface area contributed by atoms with Gasteiger partial charge in [0, 0.05) is 64.0 Å². The maximum absolute atomic E-state index is 13.5. The number of H-pyrrole nitrogens is 2. The van der Waals surface area contributed by atoms with E-state index < -0.39 is 0 Å². The zero-order valence-electron chi connectivity index (χ0n) is 19.0. The lowest BCUT2D eigenvalue weighted by Crippen LogP contribution is -2.40. The Bertz CT molecular complexity index is 1410. The molecule has 0 aliphatic carbocycles. The van der Waals surface area contributed by atoms with Gasteiger partial charge in [-0.25, -0.2) is 4.79 Å². The third kappa shape index (κ3) is 5.03. The number of carbonyl (C=O) groups is 2. The lowest BCUT2D eigenvalue weighted by Gasteiger charge is -2.20. The largest absolute Gasteiger partial charge is 0.353 e.